The fourth-order valence-corrected chi connectivity index (χ4v) is 11.2. The minimum atomic E-state index is -0.837. The van der Waals surface area contributed by atoms with Crippen LogP contribution in [0.1, 0.15) is 111 Å². The average molecular weight is 1480 g/mol. The Morgan fingerprint density at radius 2 is 0.683 bits per heavy atom. The van der Waals surface area contributed by atoms with Crippen molar-refractivity contribution >= 4 is 129 Å². The number of halogens is 9. The van der Waals surface area contributed by atoms with Gasteiger partial charge in [0.2, 0.25) is 12.2 Å². The molecule has 12 rings (SSSR count). The van der Waals surface area contributed by atoms with Gasteiger partial charge in [-0.1, -0.05) is 46.9 Å². The summed E-state index contributed by atoms with van der Waals surface area (Å²) >= 11 is 17.4. The largest absolute Gasteiger partial charge is 0.357 e. The number of aromatic nitrogens is 3. The van der Waals surface area contributed by atoms with Gasteiger partial charge in [-0.05, 0) is 166 Å². The first kappa shape index (κ1) is 74.8. The van der Waals surface area contributed by atoms with E-state index in [1.54, 1.807) is 11.2 Å². The Morgan fingerprint density at radius 3 is 0.971 bits per heavy atom. The number of carbonyl (C=O) groups excluding carboxylic acids is 6. The molecular weight excluding hydrogens is 1420 g/mol. The number of benzene rings is 6. The van der Waals surface area contributed by atoms with Crippen LogP contribution >= 0.6 is 34.8 Å². The van der Waals surface area contributed by atoms with E-state index in [4.69, 9.17) is 51.0 Å². The molecule has 0 spiro atoms. The van der Waals surface area contributed by atoms with Gasteiger partial charge < -0.3 is 41.7 Å². The normalized spacial score (nSPS) is 13.0. The van der Waals surface area contributed by atoms with Gasteiger partial charge in [-0.2, -0.15) is 0 Å². The maximum atomic E-state index is 14.8. The highest BCUT2D eigenvalue weighted by Gasteiger charge is 2.28. The van der Waals surface area contributed by atoms with Gasteiger partial charge in [0.1, 0.15) is 77.1 Å². The summed E-state index contributed by atoms with van der Waals surface area (Å²) in [6.07, 6.45) is 10.8. The third-order valence-electron chi connectivity index (χ3n) is 16.2. The molecule has 31 heteroatoms. The van der Waals surface area contributed by atoms with Crippen molar-refractivity contribution < 1.29 is 59.7 Å². The van der Waals surface area contributed by atoms with Crippen molar-refractivity contribution in [3.8, 4) is 0 Å². The van der Waals surface area contributed by atoms with Crippen LogP contribution < -0.4 is 31.9 Å². The van der Waals surface area contributed by atoms with Gasteiger partial charge in [-0.15, -0.1) is 0 Å². The number of amidine groups is 3. The minimum absolute atomic E-state index is 0.00704. The van der Waals surface area contributed by atoms with Crippen molar-refractivity contribution in [3.63, 3.8) is 0 Å². The summed E-state index contributed by atoms with van der Waals surface area (Å²) in [4.78, 5) is 93.8. The Hall–Kier alpha value is -11.9. The molecule has 2 saturated heterocycles. The molecule has 22 nitrogen and oxygen atoms in total. The van der Waals surface area contributed by atoms with Crippen LogP contribution in [0.5, 0.6) is 0 Å². The Morgan fingerprint density at radius 1 is 0.375 bits per heavy atom. The molecule has 0 aliphatic carbocycles. The van der Waals surface area contributed by atoms with Gasteiger partial charge in [-0.3, -0.25) is 49.6 Å². The van der Waals surface area contributed by atoms with Crippen LogP contribution in [0.4, 0.5) is 60.9 Å². The molecule has 6 heterocycles. The molecule has 532 valence electrons. The summed E-state index contributed by atoms with van der Waals surface area (Å²) in [5.41, 5.74) is -0.330. The van der Waals surface area contributed by atoms with E-state index in [-0.39, 0.29) is 85.4 Å². The monoisotopic (exact) mass is 1480 g/mol. The highest BCUT2D eigenvalue weighted by molar-refractivity contribution is 6.31. The fraction of sp³-hybridized carbons (Fsp3) is 0.164. The molecule has 0 radical (unpaired) electrons. The summed E-state index contributed by atoms with van der Waals surface area (Å²) in [6, 6.07) is 30.4. The third-order valence-corrected chi connectivity index (χ3v) is 16.9. The second kappa shape index (κ2) is 34.2. The van der Waals surface area contributed by atoms with Crippen LogP contribution in [0.25, 0.3) is 0 Å². The van der Waals surface area contributed by atoms with E-state index >= 15 is 0 Å². The number of piperidine rings is 1. The Bertz CT molecular complexity index is 4860. The lowest BCUT2D eigenvalue weighted by atomic mass is 10.1. The summed E-state index contributed by atoms with van der Waals surface area (Å²) in [5.74, 6) is -8.12. The van der Waals surface area contributed by atoms with Crippen LogP contribution in [-0.4, -0.2) is 140 Å². The van der Waals surface area contributed by atoms with Crippen molar-refractivity contribution in [2.24, 2.45) is 0 Å². The summed E-state index contributed by atoms with van der Waals surface area (Å²) in [7, 11) is 1.87. The number of nitrogens with one attached hydrogen (secondary N) is 9. The van der Waals surface area contributed by atoms with Crippen LogP contribution in [0, 0.1) is 51.1 Å². The van der Waals surface area contributed by atoms with E-state index in [1.807, 2.05) is 21.4 Å². The van der Waals surface area contributed by atoms with Crippen molar-refractivity contribution in [3.05, 3.63) is 264 Å². The smallest absolute Gasteiger partial charge is 0.259 e. The van der Waals surface area contributed by atoms with Gasteiger partial charge in [0, 0.05) is 61.5 Å². The number of likely N-dealkylation sites (tertiary alicyclic amines) is 2. The average Bonchev–Trinajstić information content (AvgIpc) is 0.989. The lowest BCUT2D eigenvalue weighted by molar-refractivity contribution is -0.482. The minimum Gasteiger partial charge on any atom is -0.357 e. The van der Waals surface area contributed by atoms with Crippen LogP contribution in [-0.2, 0) is 0 Å². The first-order chi connectivity index (χ1) is 49.8. The molecule has 0 saturated carbocycles. The molecule has 9 aromatic rings. The van der Waals surface area contributed by atoms with Crippen molar-refractivity contribution in [2.45, 2.75) is 32.1 Å². The van der Waals surface area contributed by atoms with E-state index in [9.17, 15) is 55.1 Å². The standard InChI is InChI=1S/C25H22ClF2N5O2.C24H19ClF2N6O2.C24H20ClF2N5O2/c26-16-5-9-22(30-14-16)32-25(35)19-13-17(27)6-8-21(19)31-24(34)18-7-4-15(12-20(18)28)23(29)33-10-2-1-3-11-33;1-32-8-9-33(13-32)22(28)14-2-5-17(19(27)10-14)23(34)30-20-6-4-16(26)11-18(20)24(35)31-21-7-3-15(25)12-29-21;25-15-4-8-21(29-13-15)31-24(34)18-12-16(26)5-7-20(18)30-23(33)17-6-3-14(11-19(17)27)22(28)32-9-1-2-10-32/h4-9,12-14,29H,1-3,10-11H2,(H,31,34)(H,30,32,35);2-7,10-13,28H,8-9H2,1H3,(H-,29,30,31,34,35);3-8,11-13,28H,1-2,9-10H2,(H,30,33)(H,29,31,34)/p+1. The van der Waals surface area contributed by atoms with Crippen LogP contribution in [0.3, 0.4) is 0 Å². The number of rotatable bonds is 15. The number of likely N-dealkylation sites (N-methyl/N-ethyl adjacent to an activating group) is 1. The molecule has 0 bridgehead atoms. The van der Waals surface area contributed by atoms with E-state index < -0.39 is 70.3 Å². The SMILES string of the molecule is C[N+]1=CN(C(=N)c2ccc(C(=O)Nc3ccc(F)cc3C(=O)Nc3ccc(Cl)cn3)c(F)c2)CC1.N=C(c1ccc(C(=O)Nc2ccc(F)cc2C(=O)Nc2ccc(Cl)cn2)c(F)c1)N1CCCC1.N=C(c1ccc(C(=O)Nc2ccc(F)cc2C(=O)Nc2ccc(Cl)cn2)c(F)c1)N1CCCCC1. The molecular formula is C73H62Cl3F6N16O6+. The zero-order chi connectivity index (χ0) is 74.3. The summed E-state index contributed by atoms with van der Waals surface area (Å²) in [6.45, 7) is 4.30. The molecule has 9 N–H and O–H groups in total. The molecule has 104 heavy (non-hydrogen) atoms. The Balaban J connectivity index is 0.000000167. The van der Waals surface area contributed by atoms with Crippen LogP contribution in [0.15, 0.2) is 164 Å². The maximum Gasteiger partial charge on any atom is 0.259 e. The second-order valence-electron chi connectivity index (χ2n) is 23.5. The molecule has 3 aliphatic heterocycles. The van der Waals surface area contributed by atoms with Gasteiger partial charge in [0.25, 0.3) is 35.4 Å². The topological polar surface area (TPSA) is 298 Å². The first-order valence-electron chi connectivity index (χ1n) is 31.9. The Labute approximate surface area is 605 Å². The van der Waals surface area contributed by atoms with Crippen molar-refractivity contribution in [1.29, 1.82) is 16.2 Å². The summed E-state index contributed by atoms with van der Waals surface area (Å²) in [5, 5.41) is 40.9. The number of pyridine rings is 3. The van der Waals surface area contributed by atoms with Gasteiger partial charge in [0.15, 0.2) is 0 Å². The number of nitrogens with zero attached hydrogens (tertiary/aromatic N) is 7. The van der Waals surface area contributed by atoms with E-state index in [1.165, 1.54) is 110 Å². The van der Waals surface area contributed by atoms with Crippen LogP contribution in [0.2, 0.25) is 15.1 Å². The maximum absolute atomic E-state index is 14.8. The highest BCUT2D eigenvalue weighted by atomic mass is 35.5. The highest BCUT2D eigenvalue weighted by Crippen LogP contribution is 2.27. The number of hydrogen-bond donors (Lipinski definition) is 9. The zero-order valence-electron chi connectivity index (χ0n) is 54.9. The third kappa shape index (κ3) is 19.4. The fourth-order valence-electron chi connectivity index (χ4n) is 10.8. The molecule has 0 atom stereocenters. The van der Waals surface area contributed by atoms with Crippen molar-refractivity contribution in [2.75, 3.05) is 78.2 Å². The quantitative estimate of drug-likeness (QED) is 0.0200. The molecule has 2 fully saturated rings. The van der Waals surface area contributed by atoms with Gasteiger partial charge in [-0.25, -0.2) is 46.2 Å². The predicted molar refractivity (Wildman–Crippen MR) is 384 cm³/mol. The second-order valence-corrected chi connectivity index (χ2v) is 24.8. The lowest BCUT2D eigenvalue weighted by Crippen LogP contribution is -2.35. The molecule has 6 amide bonds. The van der Waals surface area contributed by atoms with Gasteiger partial charge >= 0.3 is 0 Å². The van der Waals surface area contributed by atoms with Gasteiger partial charge in [0.05, 0.1) is 72.6 Å². The molecule has 3 aromatic heterocycles. The first-order valence-corrected chi connectivity index (χ1v) is 33.1. The number of carbonyl (C=O) groups is 6. The summed E-state index contributed by atoms with van der Waals surface area (Å²) < 4.78 is 88.0. The van der Waals surface area contributed by atoms with E-state index in [0.717, 1.165) is 119 Å². The number of amides is 6. The van der Waals surface area contributed by atoms with E-state index in [2.05, 4.69) is 46.9 Å². The Kier molecular flexibility index (Phi) is 24.6. The number of hydrogen-bond acceptors (Lipinski definition) is 12. The molecule has 6 aromatic carbocycles. The lowest BCUT2D eigenvalue weighted by Gasteiger charge is -2.29. The predicted octanol–water partition coefficient (Wildman–Crippen LogP) is 14.1. The van der Waals surface area contributed by atoms with E-state index in [0.29, 0.717) is 38.3 Å². The van der Waals surface area contributed by atoms with Crippen molar-refractivity contribution in [1.82, 2.24) is 29.7 Å². The molecule has 0 unspecified atom stereocenters. The molecule has 3 aliphatic rings. The zero-order valence-corrected chi connectivity index (χ0v) is 57.2. The number of anilines is 6.